The van der Waals surface area contributed by atoms with Crippen LogP contribution in [0.2, 0.25) is 0 Å². The van der Waals surface area contributed by atoms with Crippen molar-refractivity contribution in [3.63, 3.8) is 0 Å². The maximum atomic E-state index is 11.3. The SMILES string of the molecule is Cc1nnc(Sc2ncc(N)cc2C(N)=O)n1C. The van der Waals surface area contributed by atoms with E-state index >= 15 is 0 Å². The highest BCUT2D eigenvalue weighted by atomic mass is 32.2. The lowest BCUT2D eigenvalue weighted by atomic mass is 10.2. The van der Waals surface area contributed by atoms with Crippen LogP contribution in [0, 0.1) is 6.92 Å². The maximum Gasteiger partial charge on any atom is 0.251 e. The van der Waals surface area contributed by atoms with Gasteiger partial charge in [-0.2, -0.15) is 0 Å². The molecule has 0 fully saturated rings. The summed E-state index contributed by atoms with van der Waals surface area (Å²) in [5.41, 5.74) is 11.5. The third-order valence-corrected chi connectivity index (χ3v) is 3.44. The molecule has 0 saturated carbocycles. The highest BCUT2D eigenvalue weighted by Crippen LogP contribution is 2.27. The summed E-state index contributed by atoms with van der Waals surface area (Å²) in [6.45, 7) is 1.84. The monoisotopic (exact) mass is 264 g/mol. The Bertz CT molecular complexity index is 608. The van der Waals surface area contributed by atoms with E-state index in [4.69, 9.17) is 11.5 Å². The molecule has 2 heterocycles. The predicted molar refractivity (Wildman–Crippen MR) is 67.0 cm³/mol. The molecule has 0 unspecified atom stereocenters. The molecule has 8 heteroatoms. The summed E-state index contributed by atoms with van der Waals surface area (Å²) in [7, 11) is 1.83. The third-order valence-electron chi connectivity index (χ3n) is 2.38. The molecular formula is C10H12N6OS. The second-order valence-corrected chi connectivity index (χ2v) is 4.63. The summed E-state index contributed by atoms with van der Waals surface area (Å²) in [6, 6.07) is 1.50. The lowest BCUT2D eigenvalue weighted by Crippen LogP contribution is -2.13. The molecule has 0 radical (unpaired) electrons. The van der Waals surface area contributed by atoms with Crippen LogP contribution in [0.15, 0.2) is 22.4 Å². The first kappa shape index (κ1) is 12.4. The van der Waals surface area contributed by atoms with Crippen molar-refractivity contribution >= 4 is 23.4 Å². The summed E-state index contributed by atoms with van der Waals surface area (Å²) < 4.78 is 1.80. The molecule has 0 bridgehead atoms. The Morgan fingerprint density at radius 2 is 2.17 bits per heavy atom. The molecule has 0 atom stereocenters. The largest absolute Gasteiger partial charge is 0.397 e. The van der Waals surface area contributed by atoms with Crippen LogP contribution in [0.1, 0.15) is 16.2 Å². The van der Waals surface area contributed by atoms with Gasteiger partial charge in [0.25, 0.3) is 5.91 Å². The summed E-state index contributed by atoms with van der Waals surface area (Å²) in [5, 5.41) is 9.01. The van der Waals surface area contributed by atoms with Gasteiger partial charge in [0.05, 0.1) is 17.4 Å². The van der Waals surface area contributed by atoms with E-state index in [0.29, 0.717) is 15.9 Å². The van der Waals surface area contributed by atoms with Gasteiger partial charge in [-0.15, -0.1) is 10.2 Å². The van der Waals surface area contributed by atoms with Crippen molar-refractivity contribution in [1.29, 1.82) is 0 Å². The fourth-order valence-corrected chi connectivity index (χ4v) is 2.19. The minimum atomic E-state index is -0.573. The molecule has 0 aliphatic carbocycles. The van der Waals surface area contributed by atoms with Gasteiger partial charge in [-0.05, 0) is 24.8 Å². The van der Waals surface area contributed by atoms with E-state index in [1.165, 1.54) is 24.0 Å². The molecule has 0 aliphatic heterocycles. The number of amides is 1. The number of pyridine rings is 1. The third kappa shape index (κ3) is 2.28. The van der Waals surface area contributed by atoms with Crippen molar-refractivity contribution in [1.82, 2.24) is 19.7 Å². The summed E-state index contributed by atoms with van der Waals surface area (Å²) in [5.74, 6) is 0.199. The molecule has 4 N–H and O–H groups in total. The first-order valence-electron chi connectivity index (χ1n) is 5.08. The highest BCUT2D eigenvalue weighted by Gasteiger charge is 2.15. The molecule has 0 aromatic carbocycles. The number of aromatic nitrogens is 4. The molecule has 0 saturated heterocycles. The zero-order chi connectivity index (χ0) is 13.3. The van der Waals surface area contributed by atoms with Crippen LogP contribution < -0.4 is 11.5 Å². The topological polar surface area (TPSA) is 113 Å². The number of nitrogens with zero attached hydrogens (tertiary/aromatic N) is 4. The van der Waals surface area contributed by atoms with Gasteiger partial charge in [-0.3, -0.25) is 4.79 Å². The smallest absolute Gasteiger partial charge is 0.251 e. The Morgan fingerprint density at radius 1 is 1.44 bits per heavy atom. The van der Waals surface area contributed by atoms with E-state index in [-0.39, 0.29) is 5.56 Å². The number of nitrogens with two attached hydrogens (primary N) is 2. The zero-order valence-electron chi connectivity index (χ0n) is 9.91. The van der Waals surface area contributed by atoms with Crippen molar-refractivity contribution in [2.45, 2.75) is 17.1 Å². The van der Waals surface area contributed by atoms with E-state index in [2.05, 4.69) is 15.2 Å². The van der Waals surface area contributed by atoms with Crippen molar-refractivity contribution in [2.24, 2.45) is 12.8 Å². The average molecular weight is 264 g/mol. The molecule has 18 heavy (non-hydrogen) atoms. The molecule has 0 spiro atoms. The van der Waals surface area contributed by atoms with E-state index in [1.54, 1.807) is 4.57 Å². The number of aryl methyl sites for hydroxylation is 1. The lowest BCUT2D eigenvalue weighted by Gasteiger charge is -2.05. The van der Waals surface area contributed by atoms with E-state index in [9.17, 15) is 4.79 Å². The van der Waals surface area contributed by atoms with Gasteiger partial charge in [0.2, 0.25) is 0 Å². The molecule has 2 aromatic heterocycles. The molecule has 1 amide bonds. The van der Waals surface area contributed by atoms with Crippen LogP contribution in [0.4, 0.5) is 5.69 Å². The number of anilines is 1. The Hall–Kier alpha value is -2.09. The summed E-state index contributed by atoms with van der Waals surface area (Å²) in [6.07, 6.45) is 1.47. The normalized spacial score (nSPS) is 10.6. The van der Waals surface area contributed by atoms with Gasteiger partial charge in [-0.25, -0.2) is 4.98 Å². The summed E-state index contributed by atoms with van der Waals surface area (Å²) in [4.78, 5) is 15.4. The summed E-state index contributed by atoms with van der Waals surface area (Å²) >= 11 is 1.22. The minimum absolute atomic E-state index is 0.278. The van der Waals surface area contributed by atoms with Crippen molar-refractivity contribution < 1.29 is 4.79 Å². The molecule has 2 aromatic rings. The Morgan fingerprint density at radius 3 is 2.72 bits per heavy atom. The second kappa shape index (κ2) is 4.65. The highest BCUT2D eigenvalue weighted by molar-refractivity contribution is 7.99. The fourth-order valence-electron chi connectivity index (χ4n) is 1.29. The van der Waals surface area contributed by atoms with Gasteiger partial charge in [0, 0.05) is 7.05 Å². The Labute approximate surface area is 108 Å². The first-order chi connectivity index (χ1) is 8.49. The average Bonchev–Trinajstić information content (AvgIpc) is 2.63. The number of carbonyl (C=O) groups is 1. The van der Waals surface area contributed by atoms with Crippen molar-refractivity contribution in [3.8, 4) is 0 Å². The van der Waals surface area contributed by atoms with Crippen LogP contribution in [0.3, 0.4) is 0 Å². The van der Waals surface area contributed by atoms with Gasteiger partial charge in [0.1, 0.15) is 10.9 Å². The Balaban J connectivity index is 2.40. The molecule has 2 rings (SSSR count). The number of carbonyl (C=O) groups excluding carboxylic acids is 1. The van der Waals surface area contributed by atoms with E-state index in [0.717, 1.165) is 5.82 Å². The maximum absolute atomic E-state index is 11.3. The minimum Gasteiger partial charge on any atom is -0.397 e. The van der Waals surface area contributed by atoms with Crippen LogP contribution >= 0.6 is 11.8 Å². The number of hydrogen-bond acceptors (Lipinski definition) is 6. The first-order valence-corrected chi connectivity index (χ1v) is 5.90. The molecular weight excluding hydrogens is 252 g/mol. The lowest BCUT2D eigenvalue weighted by molar-refractivity contribution is 0.0997. The number of nitrogen functional groups attached to an aromatic ring is 1. The van der Waals surface area contributed by atoms with Crippen LogP contribution in [0.25, 0.3) is 0 Å². The van der Waals surface area contributed by atoms with Gasteiger partial charge in [0.15, 0.2) is 5.16 Å². The van der Waals surface area contributed by atoms with Crippen molar-refractivity contribution in [2.75, 3.05) is 5.73 Å². The van der Waals surface area contributed by atoms with Crippen LogP contribution in [-0.2, 0) is 7.05 Å². The molecule has 94 valence electrons. The standard InChI is InChI=1S/C10H12N6OS/c1-5-14-15-10(16(5)2)18-9-7(8(12)17)3-6(11)4-13-9/h3-4H,11H2,1-2H3,(H2,12,17). The van der Waals surface area contributed by atoms with Crippen LogP contribution in [0.5, 0.6) is 0 Å². The zero-order valence-corrected chi connectivity index (χ0v) is 10.7. The van der Waals surface area contributed by atoms with E-state index < -0.39 is 5.91 Å². The predicted octanol–water partition coefficient (Wildman–Crippen LogP) is 0.351. The second-order valence-electron chi connectivity index (χ2n) is 3.68. The number of hydrogen-bond donors (Lipinski definition) is 2. The van der Waals surface area contributed by atoms with Gasteiger partial charge in [-0.1, -0.05) is 0 Å². The van der Waals surface area contributed by atoms with Crippen molar-refractivity contribution in [3.05, 3.63) is 23.7 Å². The van der Waals surface area contributed by atoms with Crippen LogP contribution in [-0.4, -0.2) is 25.7 Å². The van der Waals surface area contributed by atoms with Gasteiger partial charge >= 0.3 is 0 Å². The molecule has 0 aliphatic rings. The van der Waals surface area contributed by atoms with Gasteiger partial charge < -0.3 is 16.0 Å². The Kier molecular flexibility index (Phi) is 3.19. The number of primary amides is 1. The quantitative estimate of drug-likeness (QED) is 0.827. The fraction of sp³-hybridized carbons (Fsp3) is 0.200. The molecule has 7 nitrogen and oxygen atoms in total. The number of rotatable bonds is 3. The van der Waals surface area contributed by atoms with E-state index in [1.807, 2.05) is 14.0 Å².